The van der Waals surface area contributed by atoms with E-state index in [-0.39, 0.29) is 6.04 Å². The number of pyridine rings is 1. The van der Waals surface area contributed by atoms with Crippen molar-refractivity contribution in [2.24, 2.45) is 10.7 Å². The first kappa shape index (κ1) is 9.54. The Labute approximate surface area is 94.5 Å². The van der Waals surface area contributed by atoms with E-state index in [0.717, 1.165) is 36.6 Å². The maximum Gasteiger partial charge on any atom is 0.122 e. The monoisotopic (exact) mass is 214 g/mol. The van der Waals surface area contributed by atoms with Gasteiger partial charge in [-0.05, 0) is 24.6 Å². The van der Waals surface area contributed by atoms with E-state index < -0.39 is 0 Å². The number of aromatic nitrogens is 1. The molecule has 4 nitrogen and oxygen atoms in total. The van der Waals surface area contributed by atoms with E-state index >= 15 is 0 Å². The lowest BCUT2D eigenvalue weighted by atomic mass is 10.1. The second kappa shape index (κ2) is 3.72. The van der Waals surface area contributed by atoms with Crippen LogP contribution < -0.4 is 5.73 Å². The van der Waals surface area contributed by atoms with Gasteiger partial charge in [-0.15, -0.1) is 0 Å². The average molecular weight is 214 g/mol. The van der Waals surface area contributed by atoms with Crippen LogP contribution in [0, 0.1) is 0 Å². The molecule has 1 unspecified atom stereocenters. The van der Waals surface area contributed by atoms with Crippen LogP contribution in [0.4, 0.5) is 0 Å². The third-order valence-corrected chi connectivity index (χ3v) is 3.08. The molecule has 1 fully saturated rings. The third kappa shape index (κ3) is 1.51. The molecule has 0 spiro atoms. The molecule has 3 rings (SSSR count). The van der Waals surface area contributed by atoms with E-state index in [4.69, 9.17) is 5.73 Å². The van der Waals surface area contributed by atoms with Crippen LogP contribution in [0.2, 0.25) is 0 Å². The number of fused-ring (bicyclic) bond motifs is 1. The van der Waals surface area contributed by atoms with E-state index in [1.54, 1.807) is 12.4 Å². The molecule has 4 heteroatoms. The van der Waals surface area contributed by atoms with Crippen LogP contribution in [0.15, 0.2) is 35.6 Å². The van der Waals surface area contributed by atoms with Gasteiger partial charge in [0.2, 0.25) is 0 Å². The Hall–Kier alpha value is -1.68. The number of rotatable bonds is 1. The van der Waals surface area contributed by atoms with Gasteiger partial charge in [-0.3, -0.25) is 4.98 Å². The second-order valence-electron chi connectivity index (χ2n) is 4.14. The molecule has 2 aliphatic rings. The summed E-state index contributed by atoms with van der Waals surface area (Å²) in [5, 5.41) is 0. The minimum absolute atomic E-state index is 0.102. The predicted molar refractivity (Wildman–Crippen MR) is 63.8 cm³/mol. The highest BCUT2D eigenvalue weighted by Gasteiger charge is 2.28. The number of aliphatic imine (C=N–C) groups is 1. The van der Waals surface area contributed by atoms with Gasteiger partial charge in [0.05, 0.1) is 11.7 Å². The van der Waals surface area contributed by atoms with Gasteiger partial charge in [-0.25, -0.2) is 4.99 Å². The standard InChI is InChI=1S/C12H14N4/c13-10-3-7-16-8-4-11(15-12(10)16)9-1-5-14-6-2-9/h1-2,4-6,10H,3,7-8,13H2. The molecule has 1 saturated heterocycles. The number of amidine groups is 1. The Kier molecular flexibility index (Phi) is 2.22. The number of hydrogen-bond acceptors (Lipinski definition) is 4. The van der Waals surface area contributed by atoms with Crippen molar-refractivity contribution in [1.29, 1.82) is 0 Å². The van der Waals surface area contributed by atoms with Crippen molar-refractivity contribution in [3.05, 3.63) is 36.2 Å². The lowest BCUT2D eigenvalue weighted by Crippen LogP contribution is -2.36. The summed E-state index contributed by atoms with van der Waals surface area (Å²) in [4.78, 5) is 10.9. The van der Waals surface area contributed by atoms with Gasteiger partial charge in [-0.2, -0.15) is 0 Å². The predicted octanol–water partition coefficient (Wildman–Crippen LogP) is 0.868. The Balaban J connectivity index is 1.94. The first-order valence-corrected chi connectivity index (χ1v) is 5.54. The maximum atomic E-state index is 6.02. The van der Waals surface area contributed by atoms with Crippen molar-refractivity contribution in [2.45, 2.75) is 12.5 Å². The maximum absolute atomic E-state index is 6.02. The molecule has 16 heavy (non-hydrogen) atoms. The zero-order chi connectivity index (χ0) is 11.0. The van der Waals surface area contributed by atoms with Crippen molar-refractivity contribution < 1.29 is 0 Å². The molecular weight excluding hydrogens is 200 g/mol. The molecule has 2 aliphatic heterocycles. The average Bonchev–Trinajstić information content (AvgIpc) is 2.72. The Bertz CT molecular complexity index is 449. The highest BCUT2D eigenvalue weighted by Crippen LogP contribution is 2.23. The molecule has 2 N–H and O–H groups in total. The van der Waals surface area contributed by atoms with E-state index in [9.17, 15) is 0 Å². The molecule has 0 amide bonds. The van der Waals surface area contributed by atoms with E-state index in [0.29, 0.717) is 0 Å². The van der Waals surface area contributed by atoms with Crippen LogP contribution in [-0.2, 0) is 0 Å². The van der Waals surface area contributed by atoms with Crippen LogP contribution in [0.3, 0.4) is 0 Å². The van der Waals surface area contributed by atoms with Gasteiger partial charge in [0.25, 0.3) is 0 Å². The van der Waals surface area contributed by atoms with Crippen molar-refractivity contribution >= 4 is 11.5 Å². The van der Waals surface area contributed by atoms with Crippen LogP contribution in [0.25, 0.3) is 5.70 Å². The third-order valence-electron chi connectivity index (χ3n) is 3.08. The van der Waals surface area contributed by atoms with E-state index in [1.165, 1.54) is 0 Å². The SMILES string of the molecule is NC1CCN2CC=C(c3ccncc3)N=C12. The minimum Gasteiger partial charge on any atom is -0.355 e. The van der Waals surface area contributed by atoms with Gasteiger partial charge in [-0.1, -0.05) is 0 Å². The molecule has 1 aromatic heterocycles. The zero-order valence-electron chi connectivity index (χ0n) is 9.00. The molecular formula is C12H14N4. The minimum atomic E-state index is 0.102. The summed E-state index contributed by atoms with van der Waals surface area (Å²) in [6, 6.07) is 4.06. The van der Waals surface area contributed by atoms with E-state index in [2.05, 4.69) is 21.0 Å². The van der Waals surface area contributed by atoms with Gasteiger partial charge in [0, 0.05) is 31.0 Å². The van der Waals surface area contributed by atoms with Crippen molar-refractivity contribution in [3.63, 3.8) is 0 Å². The summed E-state index contributed by atoms with van der Waals surface area (Å²) in [5.74, 6) is 1.04. The number of nitrogens with zero attached hydrogens (tertiary/aromatic N) is 3. The quantitative estimate of drug-likeness (QED) is 0.754. The second-order valence-corrected chi connectivity index (χ2v) is 4.14. The first-order valence-electron chi connectivity index (χ1n) is 5.54. The Morgan fingerprint density at radius 2 is 2.12 bits per heavy atom. The topological polar surface area (TPSA) is 54.5 Å². The lowest BCUT2D eigenvalue weighted by molar-refractivity contribution is 0.498. The summed E-state index contributed by atoms with van der Waals surface area (Å²) in [6.45, 7) is 1.95. The molecule has 3 heterocycles. The molecule has 0 radical (unpaired) electrons. The van der Waals surface area contributed by atoms with Gasteiger partial charge < -0.3 is 10.6 Å². The van der Waals surface area contributed by atoms with E-state index in [1.807, 2.05) is 12.1 Å². The summed E-state index contributed by atoms with van der Waals surface area (Å²) in [7, 11) is 0. The number of hydrogen-bond donors (Lipinski definition) is 1. The largest absolute Gasteiger partial charge is 0.355 e. The van der Waals surface area contributed by atoms with Crippen molar-refractivity contribution in [3.8, 4) is 0 Å². The summed E-state index contributed by atoms with van der Waals surface area (Å²) >= 11 is 0. The van der Waals surface area contributed by atoms with Crippen molar-refractivity contribution in [2.75, 3.05) is 13.1 Å². The fourth-order valence-electron chi connectivity index (χ4n) is 2.18. The first-order chi connectivity index (χ1) is 7.84. The lowest BCUT2D eigenvalue weighted by Gasteiger charge is -2.23. The molecule has 0 aliphatic carbocycles. The molecule has 0 saturated carbocycles. The summed E-state index contributed by atoms with van der Waals surface area (Å²) in [5.41, 5.74) is 8.15. The fourth-order valence-corrected chi connectivity index (χ4v) is 2.18. The van der Waals surface area contributed by atoms with Gasteiger partial charge in [0.15, 0.2) is 0 Å². The van der Waals surface area contributed by atoms with Crippen LogP contribution in [0.5, 0.6) is 0 Å². The Morgan fingerprint density at radius 1 is 1.31 bits per heavy atom. The van der Waals surface area contributed by atoms with Crippen LogP contribution >= 0.6 is 0 Å². The molecule has 1 aromatic rings. The highest BCUT2D eigenvalue weighted by atomic mass is 15.2. The van der Waals surface area contributed by atoms with Gasteiger partial charge >= 0.3 is 0 Å². The molecule has 0 aromatic carbocycles. The highest BCUT2D eigenvalue weighted by molar-refractivity contribution is 5.95. The van der Waals surface area contributed by atoms with Crippen molar-refractivity contribution in [1.82, 2.24) is 9.88 Å². The smallest absolute Gasteiger partial charge is 0.122 e. The molecule has 1 atom stereocenters. The fraction of sp³-hybridized carbons (Fsp3) is 0.333. The zero-order valence-corrected chi connectivity index (χ0v) is 9.00. The van der Waals surface area contributed by atoms with Crippen LogP contribution in [-0.4, -0.2) is 34.9 Å². The molecule has 0 bridgehead atoms. The van der Waals surface area contributed by atoms with Crippen LogP contribution in [0.1, 0.15) is 12.0 Å². The molecule has 82 valence electrons. The summed E-state index contributed by atoms with van der Waals surface area (Å²) in [6.07, 6.45) is 6.74. The van der Waals surface area contributed by atoms with Gasteiger partial charge in [0.1, 0.15) is 5.84 Å². The Morgan fingerprint density at radius 3 is 2.94 bits per heavy atom. The number of nitrogens with two attached hydrogens (primary N) is 1. The normalized spacial score (nSPS) is 23.8. The summed E-state index contributed by atoms with van der Waals surface area (Å²) < 4.78 is 0.